The number of fused-ring (bicyclic) bond motifs is 6. The van der Waals surface area contributed by atoms with Crippen molar-refractivity contribution in [3.05, 3.63) is 194 Å². The highest BCUT2D eigenvalue weighted by Gasteiger charge is 2.19. The van der Waals surface area contributed by atoms with Gasteiger partial charge in [-0.3, -0.25) is 0 Å². The Balaban J connectivity index is 1.00. The molecule has 0 radical (unpaired) electrons. The molecule has 0 bridgehead atoms. The number of anilines is 3. The van der Waals surface area contributed by atoms with E-state index < -0.39 is 0 Å². The van der Waals surface area contributed by atoms with Gasteiger partial charge in [0.2, 0.25) is 0 Å². The molecule has 0 saturated carbocycles. The lowest BCUT2D eigenvalue weighted by atomic mass is 10.0. The van der Waals surface area contributed by atoms with Gasteiger partial charge in [0.1, 0.15) is 11.2 Å². The SMILES string of the molecule is c1ccc(-c2nc(-c3ccc4sc5ccccc5c4c3)nc(-c3cccc4oc5cc(-c6ccc(N(c7ccccc7)c7ccccc7)cc6)ccc5c34)n2)cc1. The molecule has 8 aromatic carbocycles. The van der Waals surface area contributed by atoms with Crippen LogP contribution in [0.2, 0.25) is 0 Å². The van der Waals surface area contributed by atoms with Gasteiger partial charge in [-0.1, -0.05) is 115 Å². The van der Waals surface area contributed by atoms with Crippen LogP contribution in [-0.2, 0) is 0 Å². The summed E-state index contributed by atoms with van der Waals surface area (Å²) in [5, 5.41) is 4.43. The highest BCUT2D eigenvalue weighted by Crippen LogP contribution is 2.41. The van der Waals surface area contributed by atoms with Crippen molar-refractivity contribution in [2.45, 2.75) is 0 Å². The smallest absolute Gasteiger partial charge is 0.164 e. The molecular formula is C51H32N4OS. The highest BCUT2D eigenvalue weighted by molar-refractivity contribution is 7.25. The third-order valence-electron chi connectivity index (χ3n) is 10.5. The molecule has 57 heavy (non-hydrogen) atoms. The normalized spacial score (nSPS) is 11.5. The number of thiophene rings is 1. The molecule has 268 valence electrons. The standard InChI is InChI=1S/C51H32N4OS/c1-4-13-34(14-5-1)49-52-50(36-26-30-47-43(31-36)40-19-10-11-22-46(40)57-47)54-51(53-49)42-20-12-21-44-48(42)41-29-25-35(32-45(41)56-44)33-23-27-39(28-24-33)55(37-15-6-2-7-16-37)38-17-8-3-9-18-38/h1-32H. The average Bonchev–Trinajstić information content (AvgIpc) is 3.85. The monoisotopic (exact) mass is 748 g/mol. The molecule has 0 aliphatic carbocycles. The van der Waals surface area contributed by atoms with Crippen LogP contribution in [0, 0.1) is 0 Å². The largest absolute Gasteiger partial charge is 0.456 e. The highest BCUT2D eigenvalue weighted by atomic mass is 32.1. The Morgan fingerprint density at radius 2 is 0.965 bits per heavy atom. The van der Waals surface area contributed by atoms with E-state index in [0.717, 1.165) is 66.8 Å². The molecule has 11 rings (SSSR count). The first-order chi connectivity index (χ1) is 28.2. The third-order valence-corrected chi connectivity index (χ3v) is 11.7. The third kappa shape index (κ3) is 5.91. The first kappa shape index (κ1) is 33.0. The Morgan fingerprint density at radius 1 is 0.368 bits per heavy atom. The number of rotatable bonds is 7. The van der Waals surface area contributed by atoms with Crippen LogP contribution in [0.3, 0.4) is 0 Å². The lowest BCUT2D eigenvalue weighted by Crippen LogP contribution is -2.09. The Kier molecular flexibility index (Phi) is 7.93. The summed E-state index contributed by atoms with van der Waals surface area (Å²) in [5.74, 6) is 1.85. The predicted molar refractivity (Wildman–Crippen MR) is 236 cm³/mol. The molecule has 0 amide bonds. The van der Waals surface area contributed by atoms with Crippen LogP contribution in [0.5, 0.6) is 0 Å². The fourth-order valence-corrected chi connectivity index (χ4v) is 8.89. The van der Waals surface area contributed by atoms with E-state index >= 15 is 0 Å². The molecule has 0 aliphatic heterocycles. The fraction of sp³-hybridized carbons (Fsp3) is 0. The summed E-state index contributed by atoms with van der Waals surface area (Å²) < 4.78 is 9.09. The minimum Gasteiger partial charge on any atom is -0.456 e. The molecule has 3 heterocycles. The summed E-state index contributed by atoms with van der Waals surface area (Å²) >= 11 is 1.80. The van der Waals surface area contributed by atoms with E-state index in [1.807, 2.05) is 54.6 Å². The Bertz CT molecular complexity index is 3190. The summed E-state index contributed by atoms with van der Waals surface area (Å²) in [6, 6.07) is 67.4. The zero-order chi connectivity index (χ0) is 37.7. The Morgan fingerprint density at radius 3 is 1.72 bits per heavy atom. The molecular weight excluding hydrogens is 717 g/mol. The van der Waals surface area contributed by atoms with Crippen molar-refractivity contribution in [1.82, 2.24) is 15.0 Å². The molecule has 6 heteroatoms. The maximum Gasteiger partial charge on any atom is 0.164 e. The first-order valence-electron chi connectivity index (χ1n) is 18.9. The van der Waals surface area contributed by atoms with Crippen LogP contribution in [-0.4, -0.2) is 15.0 Å². The molecule has 0 N–H and O–H groups in total. The molecule has 5 nitrogen and oxygen atoms in total. The second-order valence-electron chi connectivity index (χ2n) is 14.0. The minimum atomic E-state index is 0.600. The van der Waals surface area contributed by atoms with Gasteiger partial charge in [0, 0.05) is 64.7 Å². The van der Waals surface area contributed by atoms with Gasteiger partial charge in [-0.2, -0.15) is 0 Å². The van der Waals surface area contributed by atoms with Crippen molar-refractivity contribution >= 4 is 70.5 Å². The van der Waals surface area contributed by atoms with Gasteiger partial charge < -0.3 is 9.32 Å². The average molecular weight is 749 g/mol. The Labute approximate surface area is 332 Å². The summed E-state index contributed by atoms with van der Waals surface area (Å²) in [4.78, 5) is 17.6. The van der Waals surface area contributed by atoms with E-state index in [1.165, 1.54) is 20.2 Å². The molecule has 0 spiro atoms. The number of benzene rings is 8. The van der Waals surface area contributed by atoms with Gasteiger partial charge in [-0.25, -0.2) is 15.0 Å². The molecule has 0 unspecified atom stereocenters. The summed E-state index contributed by atoms with van der Waals surface area (Å²) in [6.07, 6.45) is 0. The topological polar surface area (TPSA) is 55.1 Å². The quantitative estimate of drug-likeness (QED) is 0.162. The molecule has 0 aliphatic rings. The number of hydrogen-bond donors (Lipinski definition) is 0. The maximum absolute atomic E-state index is 6.59. The molecule has 0 fully saturated rings. The summed E-state index contributed by atoms with van der Waals surface area (Å²) in [6.45, 7) is 0. The van der Waals surface area contributed by atoms with Crippen LogP contribution in [0.1, 0.15) is 0 Å². The van der Waals surface area contributed by atoms with Gasteiger partial charge in [-0.15, -0.1) is 11.3 Å². The van der Waals surface area contributed by atoms with Gasteiger partial charge in [0.15, 0.2) is 17.5 Å². The van der Waals surface area contributed by atoms with Crippen LogP contribution >= 0.6 is 11.3 Å². The van der Waals surface area contributed by atoms with Crippen LogP contribution < -0.4 is 4.90 Å². The van der Waals surface area contributed by atoms with Crippen LogP contribution in [0.15, 0.2) is 199 Å². The second-order valence-corrected chi connectivity index (χ2v) is 15.1. The van der Waals surface area contributed by atoms with Crippen LogP contribution in [0.4, 0.5) is 17.1 Å². The van der Waals surface area contributed by atoms with Gasteiger partial charge in [0.05, 0.1) is 0 Å². The van der Waals surface area contributed by atoms with E-state index in [9.17, 15) is 0 Å². The Hall–Kier alpha value is -7.41. The van der Waals surface area contributed by atoms with E-state index in [4.69, 9.17) is 19.4 Å². The van der Waals surface area contributed by atoms with E-state index in [1.54, 1.807) is 11.3 Å². The van der Waals surface area contributed by atoms with Crippen molar-refractivity contribution in [3.63, 3.8) is 0 Å². The van der Waals surface area contributed by atoms with Crippen LogP contribution in [0.25, 0.3) is 87.4 Å². The number of hydrogen-bond acceptors (Lipinski definition) is 6. The molecule has 11 aromatic rings. The van der Waals surface area contributed by atoms with E-state index in [-0.39, 0.29) is 0 Å². The van der Waals surface area contributed by atoms with Crippen molar-refractivity contribution in [1.29, 1.82) is 0 Å². The molecule has 3 aromatic heterocycles. The molecule has 0 saturated heterocycles. The second kappa shape index (κ2) is 13.7. The number of para-hydroxylation sites is 2. The van der Waals surface area contributed by atoms with Gasteiger partial charge in [-0.05, 0) is 90.0 Å². The predicted octanol–water partition coefficient (Wildman–Crippen LogP) is 14.3. The number of furan rings is 1. The first-order valence-corrected chi connectivity index (χ1v) is 19.7. The zero-order valence-corrected chi connectivity index (χ0v) is 31.4. The van der Waals surface area contributed by atoms with Gasteiger partial charge >= 0.3 is 0 Å². The number of aromatic nitrogens is 3. The van der Waals surface area contributed by atoms with E-state index in [2.05, 4.69) is 144 Å². The van der Waals surface area contributed by atoms with Crippen molar-refractivity contribution in [3.8, 4) is 45.3 Å². The fourth-order valence-electron chi connectivity index (χ4n) is 7.80. The zero-order valence-electron chi connectivity index (χ0n) is 30.6. The lowest BCUT2D eigenvalue weighted by molar-refractivity contribution is 0.669. The van der Waals surface area contributed by atoms with Gasteiger partial charge in [0.25, 0.3) is 0 Å². The number of nitrogens with zero attached hydrogens (tertiary/aromatic N) is 4. The van der Waals surface area contributed by atoms with E-state index in [0.29, 0.717) is 17.5 Å². The summed E-state index contributed by atoms with van der Waals surface area (Å²) in [7, 11) is 0. The molecule has 0 atom stereocenters. The van der Waals surface area contributed by atoms with Crippen molar-refractivity contribution < 1.29 is 4.42 Å². The lowest BCUT2D eigenvalue weighted by Gasteiger charge is -2.25. The maximum atomic E-state index is 6.59. The minimum absolute atomic E-state index is 0.600. The van der Waals surface area contributed by atoms with Crippen molar-refractivity contribution in [2.24, 2.45) is 0 Å². The van der Waals surface area contributed by atoms with Crippen molar-refractivity contribution in [2.75, 3.05) is 4.90 Å². The summed E-state index contributed by atoms with van der Waals surface area (Å²) in [5.41, 5.74) is 9.84.